The monoisotopic (exact) mass is 474 g/mol. The lowest BCUT2D eigenvalue weighted by atomic mass is 9.62. The topological polar surface area (TPSA) is 87.0 Å². The van der Waals surface area contributed by atoms with E-state index in [9.17, 15) is 20.1 Å². The van der Waals surface area contributed by atoms with Crippen LogP contribution in [0.5, 0.6) is 0 Å². The highest BCUT2D eigenvalue weighted by Crippen LogP contribution is 2.58. The second kappa shape index (κ2) is 11.1. The predicted molar refractivity (Wildman–Crippen MR) is 135 cm³/mol. The van der Waals surface area contributed by atoms with Crippen LogP contribution in [0.15, 0.2) is 35.5 Å². The second-order valence-corrected chi connectivity index (χ2v) is 11.4. The van der Waals surface area contributed by atoms with E-state index in [0.717, 1.165) is 37.7 Å². The molecule has 6 atom stereocenters. The van der Waals surface area contributed by atoms with E-state index in [1.54, 1.807) is 6.08 Å². The van der Waals surface area contributed by atoms with Crippen LogP contribution in [0.3, 0.4) is 0 Å². The number of hydrogen-bond donors (Lipinski definition) is 3. The first-order valence-electron chi connectivity index (χ1n) is 13.4. The highest BCUT2D eigenvalue weighted by atomic mass is 16.5. The number of hydrogen-bond acceptors (Lipinski definition) is 5. The molecule has 0 aromatic heterocycles. The molecular weight excluding hydrogens is 428 g/mol. The summed E-state index contributed by atoms with van der Waals surface area (Å²) in [5, 5.41) is 30.9. The van der Waals surface area contributed by atoms with Crippen LogP contribution in [-0.2, 0) is 9.53 Å². The highest BCUT2D eigenvalue weighted by Gasteiger charge is 2.51. The second-order valence-electron chi connectivity index (χ2n) is 11.4. The molecule has 5 heteroatoms. The molecule has 3 fully saturated rings. The van der Waals surface area contributed by atoms with E-state index in [1.165, 1.54) is 11.6 Å². The SMILES string of the molecule is CCC(O)(C=CC(=O)O[C@@H](C)[C@H]1CC[C@H]2C(=CC=C3C[C@@H](O)C(C)[C@H](O)C3)CCC[C@]12C)CC. The van der Waals surface area contributed by atoms with E-state index in [4.69, 9.17) is 4.74 Å². The molecule has 0 amide bonds. The smallest absolute Gasteiger partial charge is 0.330 e. The summed E-state index contributed by atoms with van der Waals surface area (Å²) in [6.07, 6.45) is 14.1. The molecule has 192 valence electrons. The fraction of sp³-hybridized carbons (Fsp3) is 0.759. The third-order valence-corrected chi connectivity index (χ3v) is 9.35. The zero-order chi connectivity index (χ0) is 25.1. The van der Waals surface area contributed by atoms with Gasteiger partial charge in [-0.05, 0) is 82.1 Å². The molecule has 0 spiro atoms. The summed E-state index contributed by atoms with van der Waals surface area (Å²) in [7, 11) is 0. The van der Waals surface area contributed by atoms with Crippen molar-refractivity contribution in [2.45, 2.75) is 116 Å². The van der Waals surface area contributed by atoms with Crippen LogP contribution in [0.2, 0.25) is 0 Å². The maximum Gasteiger partial charge on any atom is 0.330 e. The van der Waals surface area contributed by atoms with Crippen molar-refractivity contribution in [3.63, 3.8) is 0 Å². The summed E-state index contributed by atoms with van der Waals surface area (Å²) < 4.78 is 5.83. The van der Waals surface area contributed by atoms with E-state index in [2.05, 4.69) is 19.1 Å². The summed E-state index contributed by atoms with van der Waals surface area (Å²) in [5.41, 5.74) is 1.73. The Hall–Kier alpha value is -1.43. The van der Waals surface area contributed by atoms with E-state index in [0.29, 0.717) is 37.5 Å². The maximum absolute atomic E-state index is 12.5. The average Bonchev–Trinajstić information content (AvgIpc) is 3.17. The van der Waals surface area contributed by atoms with Gasteiger partial charge in [-0.15, -0.1) is 0 Å². The minimum atomic E-state index is -0.952. The number of aliphatic hydroxyl groups excluding tert-OH is 2. The van der Waals surface area contributed by atoms with Crippen molar-refractivity contribution in [2.24, 2.45) is 23.2 Å². The zero-order valence-electron chi connectivity index (χ0n) is 21.8. The van der Waals surface area contributed by atoms with Gasteiger partial charge in [-0.3, -0.25) is 0 Å². The Morgan fingerprint density at radius 2 is 1.82 bits per heavy atom. The Bertz CT molecular complexity index is 793. The summed E-state index contributed by atoms with van der Waals surface area (Å²) >= 11 is 0. The summed E-state index contributed by atoms with van der Waals surface area (Å²) in [6, 6.07) is 0. The Morgan fingerprint density at radius 3 is 2.44 bits per heavy atom. The Kier molecular flexibility index (Phi) is 8.86. The Labute approximate surface area is 206 Å². The number of esters is 1. The van der Waals surface area contributed by atoms with Crippen molar-refractivity contribution in [2.75, 3.05) is 0 Å². The lowest BCUT2D eigenvalue weighted by Crippen LogP contribution is -2.39. The summed E-state index contributed by atoms with van der Waals surface area (Å²) in [5.74, 6) is 0.332. The first-order valence-corrected chi connectivity index (χ1v) is 13.4. The number of fused-ring (bicyclic) bond motifs is 1. The minimum absolute atomic E-state index is 0.0739. The molecule has 0 heterocycles. The molecule has 34 heavy (non-hydrogen) atoms. The number of carbonyl (C=O) groups is 1. The number of aliphatic hydroxyl groups is 3. The summed E-state index contributed by atoms with van der Waals surface area (Å²) in [4.78, 5) is 12.5. The average molecular weight is 475 g/mol. The molecule has 0 aromatic rings. The van der Waals surface area contributed by atoms with Crippen LogP contribution < -0.4 is 0 Å². The predicted octanol–water partition coefficient (Wildman–Crippen LogP) is 5.25. The third-order valence-electron chi connectivity index (χ3n) is 9.35. The zero-order valence-corrected chi connectivity index (χ0v) is 21.8. The van der Waals surface area contributed by atoms with E-state index >= 15 is 0 Å². The fourth-order valence-corrected chi connectivity index (χ4v) is 6.67. The maximum atomic E-state index is 12.5. The molecule has 0 unspecified atom stereocenters. The van der Waals surface area contributed by atoms with Crippen LogP contribution >= 0.6 is 0 Å². The quantitative estimate of drug-likeness (QED) is 0.347. The van der Waals surface area contributed by atoms with Crippen molar-refractivity contribution >= 4 is 5.97 Å². The highest BCUT2D eigenvalue weighted by molar-refractivity contribution is 5.82. The third kappa shape index (κ3) is 5.85. The van der Waals surface area contributed by atoms with Gasteiger partial charge in [-0.2, -0.15) is 0 Å². The Balaban J connectivity index is 1.68. The van der Waals surface area contributed by atoms with Gasteiger partial charge in [0, 0.05) is 17.9 Å². The van der Waals surface area contributed by atoms with Crippen LogP contribution in [-0.4, -0.2) is 45.2 Å². The largest absolute Gasteiger partial charge is 0.459 e. The number of rotatable bonds is 7. The van der Waals surface area contributed by atoms with Crippen molar-refractivity contribution < 1.29 is 24.9 Å². The molecule has 0 aromatic carbocycles. The van der Waals surface area contributed by atoms with Gasteiger partial charge in [-0.1, -0.05) is 51.0 Å². The molecular formula is C29H46O5. The fourth-order valence-electron chi connectivity index (χ4n) is 6.67. The van der Waals surface area contributed by atoms with E-state index in [1.807, 2.05) is 27.7 Å². The summed E-state index contributed by atoms with van der Waals surface area (Å²) in [6.45, 7) is 10.1. The van der Waals surface area contributed by atoms with Crippen molar-refractivity contribution in [3.8, 4) is 0 Å². The van der Waals surface area contributed by atoms with Gasteiger partial charge in [-0.25, -0.2) is 4.79 Å². The number of allylic oxidation sites excluding steroid dienone is 3. The van der Waals surface area contributed by atoms with Crippen molar-refractivity contribution in [1.29, 1.82) is 0 Å². The standard InChI is InChI=1S/C29H46O5/c1-6-29(33,7-2)16-14-27(32)34-20(4)23-12-13-24-22(9-8-15-28(23,24)5)11-10-21-17-25(30)19(3)26(31)18-21/h10-11,14,16,19-20,23-26,30-31,33H,6-9,12-13,15,17-18H2,1-5H3/t19?,20-,23+,24-,25+,26+,28+/m0/s1. The molecule has 0 saturated heterocycles. The van der Waals surface area contributed by atoms with Gasteiger partial charge in [0.05, 0.1) is 17.8 Å². The van der Waals surface area contributed by atoms with Crippen LogP contribution in [0, 0.1) is 23.2 Å². The van der Waals surface area contributed by atoms with Gasteiger partial charge in [0.25, 0.3) is 0 Å². The molecule has 0 aliphatic heterocycles. The number of ether oxygens (including phenoxy) is 1. The van der Waals surface area contributed by atoms with Crippen LogP contribution in [0.25, 0.3) is 0 Å². The van der Waals surface area contributed by atoms with Crippen LogP contribution in [0.1, 0.15) is 92.4 Å². The molecule has 3 aliphatic rings. The van der Waals surface area contributed by atoms with Crippen LogP contribution in [0.4, 0.5) is 0 Å². The molecule has 0 bridgehead atoms. The lowest BCUT2D eigenvalue weighted by molar-refractivity contribution is -0.147. The molecule has 3 aliphatic carbocycles. The van der Waals surface area contributed by atoms with Gasteiger partial charge < -0.3 is 20.1 Å². The Morgan fingerprint density at radius 1 is 1.18 bits per heavy atom. The molecule has 3 N–H and O–H groups in total. The van der Waals surface area contributed by atoms with Gasteiger partial charge in [0.15, 0.2) is 0 Å². The molecule has 3 saturated carbocycles. The first kappa shape index (κ1) is 27.2. The number of carbonyl (C=O) groups excluding carboxylic acids is 1. The van der Waals surface area contributed by atoms with Gasteiger partial charge in [0.2, 0.25) is 0 Å². The minimum Gasteiger partial charge on any atom is -0.459 e. The van der Waals surface area contributed by atoms with Crippen molar-refractivity contribution in [1.82, 2.24) is 0 Å². The lowest BCUT2D eigenvalue weighted by Gasteiger charge is -2.43. The first-order chi connectivity index (χ1) is 16.0. The molecule has 0 radical (unpaired) electrons. The van der Waals surface area contributed by atoms with Gasteiger partial charge in [0.1, 0.15) is 6.10 Å². The van der Waals surface area contributed by atoms with Crippen molar-refractivity contribution in [3.05, 3.63) is 35.5 Å². The normalized spacial score (nSPS) is 36.5. The van der Waals surface area contributed by atoms with E-state index < -0.39 is 17.8 Å². The van der Waals surface area contributed by atoms with E-state index in [-0.39, 0.29) is 23.4 Å². The van der Waals surface area contributed by atoms with Gasteiger partial charge >= 0.3 is 5.97 Å². The molecule has 5 nitrogen and oxygen atoms in total. The molecule has 3 rings (SSSR count).